The number of hydrogen-bond acceptors (Lipinski definition) is 4. The third-order valence-corrected chi connectivity index (χ3v) is 3.45. The van der Waals surface area contributed by atoms with Crippen molar-refractivity contribution in [2.45, 2.75) is 25.8 Å². The van der Waals surface area contributed by atoms with Crippen LogP contribution in [0.15, 0.2) is 12.1 Å². The standard InChI is InChI=1S/C12H12Cl2N2O5/c1-2-3-9(12(18)19)15-11(17)7-4-6(16(20)21)5-8(13)10(7)14/h4-5,9H,2-3H2,1H3,(H,15,17)(H,18,19)/t9-/m0/s1. The molecule has 0 radical (unpaired) electrons. The fourth-order valence-electron chi connectivity index (χ4n) is 1.63. The number of carboxylic acid groups (broad SMARTS) is 1. The molecule has 0 heterocycles. The minimum atomic E-state index is -1.20. The molecular formula is C12H12Cl2N2O5. The van der Waals surface area contributed by atoms with Crippen molar-refractivity contribution in [3.05, 3.63) is 37.9 Å². The van der Waals surface area contributed by atoms with E-state index in [-0.39, 0.29) is 22.0 Å². The fourth-order valence-corrected chi connectivity index (χ4v) is 2.04. The minimum Gasteiger partial charge on any atom is -0.480 e. The molecule has 7 nitrogen and oxygen atoms in total. The van der Waals surface area contributed by atoms with Gasteiger partial charge >= 0.3 is 5.97 Å². The quantitative estimate of drug-likeness (QED) is 0.613. The van der Waals surface area contributed by atoms with Gasteiger partial charge in [0.15, 0.2) is 0 Å². The van der Waals surface area contributed by atoms with Crippen molar-refractivity contribution in [1.82, 2.24) is 5.32 Å². The lowest BCUT2D eigenvalue weighted by atomic mass is 10.1. The molecule has 0 saturated carbocycles. The fraction of sp³-hybridized carbons (Fsp3) is 0.333. The number of carbonyl (C=O) groups is 2. The third-order valence-electron chi connectivity index (χ3n) is 2.65. The highest BCUT2D eigenvalue weighted by Crippen LogP contribution is 2.30. The van der Waals surface area contributed by atoms with Gasteiger partial charge in [0.25, 0.3) is 11.6 Å². The molecule has 1 aromatic rings. The molecule has 0 aliphatic carbocycles. The third kappa shape index (κ3) is 4.30. The first-order valence-corrected chi connectivity index (χ1v) is 6.70. The molecule has 0 aromatic heterocycles. The molecule has 1 atom stereocenters. The first-order chi connectivity index (χ1) is 9.77. The Morgan fingerprint density at radius 2 is 2.05 bits per heavy atom. The van der Waals surface area contributed by atoms with Gasteiger partial charge in [-0.05, 0) is 6.42 Å². The number of non-ortho nitro benzene ring substituents is 1. The number of aliphatic carboxylic acids is 1. The van der Waals surface area contributed by atoms with Gasteiger partial charge in [-0.2, -0.15) is 0 Å². The molecule has 114 valence electrons. The minimum absolute atomic E-state index is 0.154. The summed E-state index contributed by atoms with van der Waals surface area (Å²) in [6.45, 7) is 1.76. The molecule has 2 N–H and O–H groups in total. The largest absolute Gasteiger partial charge is 0.480 e. The summed E-state index contributed by atoms with van der Waals surface area (Å²) < 4.78 is 0. The number of nitro groups is 1. The van der Waals surface area contributed by atoms with Gasteiger partial charge in [-0.25, -0.2) is 4.79 Å². The van der Waals surface area contributed by atoms with Gasteiger partial charge in [0.2, 0.25) is 0 Å². The molecule has 9 heteroatoms. The van der Waals surface area contributed by atoms with E-state index in [4.69, 9.17) is 28.3 Å². The molecule has 0 aliphatic rings. The second kappa shape index (κ2) is 7.24. The van der Waals surface area contributed by atoms with Crippen LogP contribution < -0.4 is 5.32 Å². The number of halogens is 2. The summed E-state index contributed by atoms with van der Waals surface area (Å²) in [5, 5.41) is 21.7. The van der Waals surface area contributed by atoms with E-state index in [0.717, 1.165) is 12.1 Å². The number of carboxylic acids is 1. The predicted octanol–water partition coefficient (Wildman–Crippen LogP) is 2.88. The van der Waals surface area contributed by atoms with E-state index >= 15 is 0 Å². The summed E-state index contributed by atoms with van der Waals surface area (Å²) in [4.78, 5) is 33.1. The van der Waals surface area contributed by atoms with Crippen LogP contribution in [0.2, 0.25) is 10.0 Å². The highest BCUT2D eigenvalue weighted by Gasteiger charge is 2.24. The van der Waals surface area contributed by atoms with Gasteiger partial charge in [0.1, 0.15) is 6.04 Å². The maximum absolute atomic E-state index is 12.0. The number of nitrogens with zero attached hydrogens (tertiary/aromatic N) is 1. The number of benzene rings is 1. The Balaban J connectivity index is 3.11. The van der Waals surface area contributed by atoms with Crippen LogP contribution in [-0.2, 0) is 4.79 Å². The molecule has 0 spiro atoms. The molecule has 0 saturated heterocycles. The van der Waals surface area contributed by atoms with Crippen molar-refractivity contribution in [2.75, 3.05) is 0 Å². The van der Waals surface area contributed by atoms with E-state index in [2.05, 4.69) is 5.32 Å². The summed E-state index contributed by atoms with van der Waals surface area (Å²) in [5.74, 6) is -2.02. The Morgan fingerprint density at radius 1 is 1.43 bits per heavy atom. The summed E-state index contributed by atoms with van der Waals surface area (Å²) in [5.41, 5.74) is -0.643. The number of hydrogen-bond donors (Lipinski definition) is 2. The van der Waals surface area contributed by atoms with Crippen LogP contribution in [0.5, 0.6) is 0 Å². The van der Waals surface area contributed by atoms with Crippen LogP contribution in [0.1, 0.15) is 30.1 Å². The van der Waals surface area contributed by atoms with Gasteiger partial charge in [0.05, 0.1) is 20.5 Å². The molecule has 0 aliphatic heterocycles. The van der Waals surface area contributed by atoms with Gasteiger partial charge in [-0.1, -0.05) is 36.5 Å². The molecule has 1 rings (SSSR count). The zero-order valence-corrected chi connectivity index (χ0v) is 12.4. The van der Waals surface area contributed by atoms with Gasteiger partial charge in [-0.3, -0.25) is 14.9 Å². The Bertz CT molecular complexity index is 591. The normalized spacial score (nSPS) is 11.8. The van der Waals surface area contributed by atoms with Crippen LogP contribution in [0, 0.1) is 10.1 Å². The molecule has 1 aromatic carbocycles. The molecule has 0 unspecified atom stereocenters. The van der Waals surface area contributed by atoms with Crippen molar-refractivity contribution < 1.29 is 19.6 Å². The van der Waals surface area contributed by atoms with E-state index in [0.29, 0.717) is 6.42 Å². The van der Waals surface area contributed by atoms with Crippen LogP contribution in [-0.4, -0.2) is 27.9 Å². The Morgan fingerprint density at radius 3 is 2.52 bits per heavy atom. The first kappa shape index (κ1) is 17.2. The molecule has 0 bridgehead atoms. The zero-order valence-electron chi connectivity index (χ0n) is 10.9. The number of nitrogens with one attached hydrogen (secondary N) is 1. The summed E-state index contributed by atoms with van der Waals surface area (Å²) in [7, 11) is 0. The van der Waals surface area contributed by atoms with Crippen molar-refractivity contribution in [3.63, 3.8) is 0 Å². The second-order valence-corrected chi connectivity index (χ2v) is 4.98. The SMILES string of the molecule is CCC[C@H](NC(=O)c1cc([N+](=O)[O-])cc(Cl)c1Cl)C(=O)O. The lowest BCUT2D eigenvalue weighted by Gasteiger charge is -2.14. The van der Waals surface area contributed by atoms with Gasteiger partial charge in [-0.15, -0.1) is 0 Å². The highest BCUT2D eigenvalue weighted by molar-refractivity contribution is 6.44. The molecular weight excluding hydrogens is 323 g/mol. The smallest absolute Gasteiger partial charge is 0.326 e. The first-order valence-electron chi connectivity index (χ1n) is 5.95. The van der Waals surface area contributed by atoms with Gasteiger partial charge in [0, 0.05) is 12.1 Å². The zero-order chi connectivity index (χ0) is 16.2. The monoisotopic (exact) mass is 334 g/mol. The van der Waals surface area contributed by atoms with E-state index in [1.54, 1.807) is 6.92 Å². The highest BCUT2D eigenvalue weighted by atomic mass is 35.5. The van der Waals surface area contributed by atoms with E-state index in [1.165, 1.54) is 0 Å². The van der Waals surface area contributed by atoms with Crippen LogP contribution in [0.25, 0.3) is 0 Å². The summed E-state index contributed by atoms with van der Waals surface area (Å²) in [6.07, 6.45) is 0.766. The number of amides is 1. The van der Waals surface area contributed by atoms with E-state index in [9.17, 15) is 19.7 Å². The van der Waals surface area contributed by atoms with Crippen LogP contribution in [0.4, 0.5) is 5.69 Å². The summed E-state index contributed by atoms with van der Waals surface area (Å²) >= 11 is 11.6. The lowest BCUT2D eigenvalue weighted by Crippen LogP contribution is -2.40. The number of rotatable bonds is 6. The number of carbonyl (C=O) groups excluding carboxylic acids is 1. The van der Waals surface area contributed by atoms with Crippen molar-refractivity contribution in [3.8, 4) is 0 Å². The Labute approximate surface area is 130 Å². The maximum atomic E-state index is 12.0. The predicted molar refractivity (Wildman–Crippen MR) is 76.9 cm³/mol. The lowest BCUT2D eigenvalue weighted by molar-refractivity contribution is -0.384. The van der Waals surface area contributed by atoms with Crippen LogP contribution >= 0.6 is 23.2 Å². The van der Waals surface area contributed by atoms with Gasteiger partial charge < -0.3 is 10.4 Å². The van der Waals surface area contributed by atoms with E-state index in [1.807, 2.05) is 0 Å². The van der Waals surface area contributed by atoms with Crippen LogP contribution in [0.3, 0.4) is 0 Å². The Kier molecular flexibility index (Phi) is 5.92. The maximum Gasteiger partial charge on any atom is 0.326 e. The average Bonchev–Trinajstić information content (AvgIpc) is 2.40. The molecule has 21 heavy (non-hydrogen) atoms. The average molecular weight is 335 g/mol. The van der Waals surface area contributed by atoms with Crippen molar-refractivity contribution >= 4 is 40.8 Å². The Hall–Kier alpha value is -1.86. The van der Waals surface area contributed by atoms with Crippen molar-refractivity contribution in [2.24, 2.45) is 0 Å². The molecule has 0 fully saturated rings. The topological polar surface area (TPSA) is 110 Å². The van der Waals surface area contributed by atoms with Crippen molar-refractivity contribution in [1.29, 1.82) is 0 Å². The van der Waals surface area contributed by atoms with E-state index < -0.39 is 28.5 Å². The summed E-state index contributed by atoms with van der Waals surface area (Å²) in [6, 6.07) is 0.868. The second-order valence-electron chi connectivity index (χ2n) is 4.20. The number of nitro benzene ring substituents is 1. The molecule has 1 amide bonds.